The number of aliphatic carboxylic acids is 1. The second kappa shape index (κ2) is 8.98. The third-order valence-corrected chi connectivity index (χ3v) is 4.26. The lowest BCUT2D eigenvalue weighted by atomic mass is 10.1. The molecule has 0 radical (unpaired) electrons. The van der Waals surface area contributed by atoms with Crippen LogP contribution in [0.1, 0.15) is 36.3 Å². The molecule has 2 aromatic heterocycles. The minimum atomic E-state index is -1.18. The molecule has 28 heavy (non-hydrogen) atoms. The fourth-order valence-corrected chi connectivity index (χ4v) is 2.93. The van der Waals surface area contributed by atoms with Gasteiger partial charge in [-0.15, -0.1) is 0 Å². The number of amides is 1. The Bertz CT molecular complexity index is 985. The molecule has 0 unspecified atom stereocenters. The highest BCUT2D eigenvalue weighted by Gasteiger charge is 2.27. The number of aromatic nitrogens is 2. The van der Waals surface area contributed by atoms with Crippen LogP contribution in [-0.2, 0) is 16.1 Å². The lowest BCUT2D eigenvalue weighted by Gasteiger charge is -2.10. The molecule has 2 rings (SSSR count). The third-order valence-electron chi connectivity index (χ3n) is 4.26. The first-order valence-corrected chi connectivity index (χ1v) is 8.80. The molecule has 0 atom stereocenters. The number of rotatable bonds is 9. The maximum absolute atomic E-state index is 12.5. The maximum Gasteiger partial charge on any atom is 0.341 e. The summed E-state index contributed by atoms with van der Waals surface area (Å²) in [7, 11) is 0. The smallest absolute Gasteiger partial charge is 0.341 e. The average Bonchev–Trinajstić information content (AvgIpc) is 2.94. The number of nitrogens with zero attached hydrogens (tertiary/aromatic N) is 2. The number of ether oxygens (including phenoxy) is 1. The highest BCUT2D eigenvalue weighted by Crippen LogP contribution is 2.33. The van der Waals surface area contributed by atoms with Crippen LogP contribution in [0.15, 0.2) is 36.1 Å². The second-order valence-electron chi connectivity index (χ2n) is 6.11. The number of allylic oxidation sites excluding steroid dienone is 4. The van der Waals surface area contributed by atoms with Crippen molar-refractivity contribution in [3.63, 3.8) is 0 Å². The lowest BCUT2D eigenvalue weighted by Crippen LogP contribution is -2.24. The third kappa shape index (κ3) is 4.28. The molecule has 0 aliphatic rings. The maximum atomic E-state index is 12.5. The summed E-state index contributed by atoms with van der Waals surface area (Å²) >= 11 is 0. The standard InChI is InChI=1S/C20H23N3O5/c1-4-6-7-13(5-2)10-23-12(3)16(18(26)19(21)27)17-14(23)8-9-22-20(17)28-11-15(24)25/h5-9H,4,10-11H2,1-3H3,(H2,21,27)(H,24,25)/b7-6-,13-5+. The monoisotopic (exact) mass is 385 g/mol. The number of pyridine rings is 1. The Morgan fingerprint density at radius 1 is 1.36 bits per heavy atom. The van der Waals surface area contributed by atoms with Gasteiger partial charge in [0.2, 0.25) is 5.88 Å². The van der Waals surface area contributed by atoms with Crippen LogP contribution in [-0.4, -0.2) is 38.9 Å². The largest absolute Gasteiger partial charge is 0.479 e. The molecular formula is C20H23N3O5. The van der Waals surface area contributed by atoms with Gasteiger partial charge in [0.05, 0.1) is 16.5 Å². The zero-order valence-electron chi connectivity index (χ0n) is 16.1. The summed E-state index contributed by atoms with van der Waals surface area (Å²) in [6.07, 6.45) is 8.31. The Morgan fingerprint density at radius 3 is 2.64 bits per heavy atom. The van der Waals surface area contributed by atoms with E-state index in [2.05, 4.69) is 4.98 Å². The number of primary amides is 1. The van der Waals surface area contributed by atoms with Gasteiger partial charge in [0.1, 0.15) is 0 Å². The van der Waals surface area contributed by atoms with Crippen LogP contribution >= 0.6 is 0 Å². The first-order chi connectivity index (χ1) is 13.3. The number of nitrogens with two attached hydrogens (primary N) is 1. The molecule has 0 bridgehead atoms. The van der Waals surface area contributed by atoms with Crippen molar-refractivity contribution in [2.45, 2.75) is 33.7 Å². The SMILES string of the molecule is C/C=C(\C=C/CC)Cn1c(C)c(C(=O)C(N)=O)c2c(OCC(=O)O)nccc21. The number of hydrogen-bond acceptors (Lipinski definition) is 5. The van der Waals surface area contributed by atoms with Crippen LogP contribution in [0.5, 0.6) is 5.88 Å². The zero-order valence-corrected chi connectivity index (χ0v) is 16.1. The van der Waals surface area contributed by atoms with Crippen LogP contribution in [0.2, 0.25) is 0 Å². The van der Waals surface area contributed by atoms with E-state index >= 15 is 0 Å². The molecule has 8 heteroatoms. The van der Waals surface area contributed by atoms with Crippen molar-refractivity contribution >= 4 is 28.6 Å². The predicted octanol–water partition coefficient (Wildman–Crippen LogP) is 2.39. The van der Waals surface area contributed by atoms with Gasteiger partial charge in [0.15, 0.2) is 6.61 Å². The first-order valence-electron chi connectivity index (χ1n) is 8.80. The topological polar surface area (TPSA) is 125 Å². The van der Waals surface area contributed by atoms with E-state index in [4.69, 9.17) is 15.6 Å². The number of Topliss-reactive ketones (excluding diaryl/α,β-unsaturated/α-hetero) is 1. The minimum absolute atomic E-state index is 0.0301. The predicted molar refractivity (Wildman–Crippen MR) is 104 cm³/mol. The Morgan fingerprint density at radius 2 is 2.07 bits per heavy atom. The van der Waals surface area contributed by atoms with Gasteiger partial charge in [-0.1, -0.05) is 25.2 Å². The van der Waals surface area contributed by atoms with Gasteiger partial charge in [-0.25, -0.2) is 9.78 Å². The van der Waals surface area contributed by atoms with E-state index in [1.54, 1.807) is 13.0 Å². The molecular weight excluding hydrogens is 362 g/mol. The van der Waals surface area contributed by atoms with Crippen LogP contribution in [0, 0.1) is 6.92 Å². The van der Waals surface area contributed by atoms with Gasteiger partial charge in [-0.05, 0) is 31.9 Å². The summed E-state index contributed by atoms with van der Waals surface area (Å²) in [6.45, 7) is 5.47. The van der Waals surface area contributed by atoms with Crippen molar-refractivity contribution in [1.82, 2.24) is 9.55 Å². The van der Waals surface area contributed by atoms with Crippen molar-refractivity contribution in [3.05, 3.63) is 47.3 Å². The van der Waals surface area contributed by atoms with Crippen LogP contribution in [0.25, 0.3) is 10.9 Å². The Kier molecular flexibility index (Phi) is 6.70. The molecule has 0 aliphatic carbocycles. The van der Waals surface area contributed by atoms with Crippen molar-refractivity contribution < 1.29 is 24.2 Å². The molecule has 2 heterocycles. The fourth-order valence-electron chi connectivity index (χ4n) is 2.93. The number of carbonyl (C=O) groups is 3. The van der Waals surface area contributed by atoms with Crippen molar-refractivity contribution in [3.8, 4) is 5.88 Å². The second-order valence-corrected chi connectivity index (χ2v) is 6.11. The number of carboxylic acids is 1. The highest BCUT2D eigenvalue weighted by atomic mass is 16.5. The Balaban J connectivity index is 2.71. The summed E-state index contributed by atoms with van der Waals surface area (Å²) in [5.74, 6) is -3.19. The molecule has 0 saturated carbocycles. The van der Waals surface area contributed by atoms with Crippen LogP contribution < -0.4 is 10.5 Å². The number of carboxylic acid groups (broad SMARTS) is 1. The van der Waals surface area contributed by atoms with Crippen LogP contribution in [0.3, 0.4) is 0 Å². The zero-order chi connectivity index (χ0) is 20.8. The van der Waals surface area contributed by atoms with Gasteiger partial charge in [-0.2, -0.15) is 0 Å². The molecule has 0 aliphatic heterocycles. The first kappa shape index (κ1) is 20.9. The number of carbonyl (C=O) groups excluding carboxylic acids is 2. The van der Waals surface area contributed by atoms with E-state index in [1.165, 1.54) is 6.20 Å². The molecule has 1 amide bonds. The Labute approximate surface area is 162 Å². The quantitative estimate of drug-likeness (QED) is 0.388. The van der Waals surface area contributed by atoms with Crippen molar-refractivity contribution in [2.75, 3.05) is 6.61 Å². The molecule has 3 N–H and O–H groups in total. The van der Waals surface area contributed by atoms with E-state index in [0.29, 0.717) is 17.8 Å². The molecule has 8 nitrogen and oxygen atoms in total. The summed E-state index contributed by atoms with van der Waals surface area (Å²) in [5.41, 5.74) is 7.43. The van der Waals surface area contributed by atoms with E-state index in [1.807, 2.05) is 36.6 Å². The summed E-state index contributed by atoms with van der Waals surface area (Å²) in [6, 6.07) is 1.69. The molecule has 0 aromatic carbocycles. The van der Waals surface area contributed by atoms with Crippen molar-refractivity contribution in [1.29, 1.82) is 0 Å². The van der Waals surface area contributed by atoms with Crippen LogP contribution in [0.4, 0.5) is 0 Å². The fraction of sp³-hybridized carbons (Fsp3) is 0.300. The van der Waals surface area contributed by atoms with Gasteiger partial charge in [-0.3, -0.25) is 9.59 Å². The van der Waals surface area contributed by atoms with E-state index < -0.39 is 24.3 Å². The van der Waals surface area contributed by atoms with Gasteiger partial charge >= 0.3 is 5.97 Å². The Hall–Kier alpha value is -3.42. The molecule has 0 spiro atoms. The van der Waals surface area contributed by atoms with Gasteiger partial charge in [0.25, 0.3) is 11.7 Å². The molecule has 148 valence electrons. The molecule has 0 saturated heterocycles. The van der Waals surface area contributed by atoms with E-state index in [0.717, 1.165) is 12.0 Å². The number of ketones is 1. The average molecular weight is 385 g/mol. The summed E-state index contributed by atoms with van der Waals surface area (Å²) in [5, 5.41) is 9.17. The van der Waals surface area contributed by atoms with Gasteiger partial charge in [0, 0.05) is 18.4 Å². The minimum Gasteiger partial charge on any atom is -0.479 e. The van der Waals surface area contributed by atoms with Gasteiger partial charge < -0.3 is 20.1 Å². The normalized spacial score (nSPS) is 11.9. The molecule has 2 aromatic rings. The highest BCUT2D eigenvalue weighted by molar-refractivity contribution is 6.45. The molecule has 0 fully saturated rings. The summed E-state index contributed by atoms with van der Waals surface area (Å²) in [4.78, 5) is 39.0. The number of hydrogen-bond donors (Lipinski definition) is 2. The van der Waals surface area contributed by atoms with Crippen molar-refractivity contribution in [2.24, 2.45) is 5.73 Å². The van der Waals surface area contributed by atoms with E-state index in [9.17, 15) is 14.4 Å². The lowest BCUT2D eigenvalue weighted by molar-refractivity contribution is -0.139. The van der Waals surface area contributed by atoms with E-state index in [-0.39, 0.29) is 16.8 Å². The number of fused-ring (bicyclic) bond motifs is 1. The summed E-state index contributed by atoms with van der Waals surface area (Å²) < 4.78 is 7.12.